The van der Waals surface area contributed by atoms with E-state index in [4.69, 9.17) is 4.74 Å². The van der Waals surface area contributed by atoms with Gasteiger partial charge in [0.25, 0.3) is 0 Å². The summed E-state index contributed by atoms with van der Waals surface area (Å²) in [4.78, 5) is 15.2. The minimum absolute atomic E-state index is 0.00288. The summed E-state index contributed by atoms with van der Waals surface area (Å²) in [5.74, 6) is 0.0134. The quantitative estimate of drug-likeness (QED) is 0.630. The fourth-order valence-electron chi connectivity index (χ4n) is 3.96. The number of nitrogens with zero attached hydrogens (tertiary/aromatic N) is 1. The number of carbonyl (C=O) groups is 1. The maximum absolute atomic E-state index is 12.6. The maximum Gasteiger partial charge on any atom is 0.310 e. The van der Waals surface area contributed by atoms with Gasteiger partial charge in [-0.25, -0.2) is 0 Å². The van der Waals surface area contributed by atoms with Crippen LogP contribution < -0.4 is 0 Å². The fourth-order valence-corrected chi connectivity index (χ4v) is 3.96. The Hall–Kier alpha value is -1.35. The summed E-state index contributed by atoms with van der Waals surface area (Å²) in [7, 11) is 0. The summed E-state index contributed by atoms with van der Waals surface area (Å²) in [6, 6.07) is 11.3. The van der Waals surface area contributed by atoms with E-state index in [-0.39, 0.29) is 11.9 Å². The second-order valence-electron chi connectivity index (χ2n) is 6.89. The number of hydrogen-bond donors (Lipinski definition) is 0. The molecule has 1 aliphatic rings. The van der Waals surface area contributed by atoms with Gasteiger partial charge in [-0.15, -0.1) is 0 Å². The van der Waals surface area contributed by atoms with E-state index >= 15 is 0 Å². The average molecular weight is 331 g/mol. The van der Waals surface area contributed by atoms with Crippen molar-refractivity contribution in [2.45, 2.75) is 71.4 Å². The van der Waals surface area contributed by atoms with Gasteiger partial charge >= 0.3 is 5.97 Å². The highest BCUT2D eigenvalue weighted by Gasteiger charge is 2.37. The third-order valence-electron chi connectivity index (χ3n) is 5.29. The highest BCUT2D eigenvalue weighted by Crippen LogP contribution is 2.34. The predicted molar refractivity (Wildman–Crippen MR) is 98.9 cm³/mol. The summed E-state index contributed by atoms with van der Waals surface area (Å²) in [6.45, 7) is 7.91. The molecule has 0 N–H and O–H groups in total. The summed E-state index contributed by atoms with van der Waals surface area (Å²) < 4.78 is 5.42. The van der Waals surface area contributed by atoms with Gasteiger partial charge in [0.15, 0.2) is 0 Å². The molecule has 24 heavy (non-hydrogen) atoms. The van der Waals surface area contributed by atoms with Gasteiger partial charge in [-0.1, -0.05) is 56.5 Å². The van der Waals surface area contributed by atoms with Crippen LogP contribution in [0.1, 0.15) is 70.9 Å². The third kappa shape index (κ3) is 4.83. The Labute approximate surface area is 147 Å². The lowest BCUT2D eigenvalue weighted by Crippen LogP contribution is -2.48. The predicted octanol–water partition coefficient (Wildman–Crippen LogP) is 4.97. The molecule has 1 aromatic carbocycles. The van der Waals surface area contributed by atoms with Crippen LogP contribution in [-0.2, 0) is 9.53 Å². The first-order valence-electron chi connectivity index (χ1n) is 9.66. The van der Waals surface area contributed by atoms with Crippen LogP contribution in [0.15, 0.2) is 30.3 Å². The van der Waals surface area contributed by atoms with E-state index in [1.165, 1.54) is 18.4 Å². The second kappa shape index (κ2) is 9.83. The molecule has 0 spiro atoms. The van der Waals surface area contributed by atoms with Crippen molar-refractivity contribution < 1.29 is 9.53 Å². The summed E-state index contributed by atoms with van der Waals surface area (Å²) in [5.41, 5.74) is 1.34. The molecular formula is C21H33NO2. The summed E-state index contributed by atoms with van der Waals surface area (Å²) in [5, 5.41) is 0. The highest BCUT2D eigenvalue weighted by atomic mass is 16.5. The number of likely N-dealkylation sites (tertiary alicyclic amines) is 1. The van der Waals surface area contributed by atoms with Crippen LogP contribution in [0, 0.1) is 5.92 Å². The van der Waals surface area contributed by atoms with E-state index in [0.29, 0.717) is 18.7 Å². The Kier molecular flexibility index (Phi) is 7.77. The van der Waals surface area contributed by atoms with Gasteiger partial charge < -0.3 is 4.74 Å². The van der Waals surface area contributed by atoms with Gasteiger partial charge in [0, 0.05) is 12.1 Å². The van der Waals surface area contributed by atoms with E-state index in [0.717, 1.165) is 32.2 Å². The van der Waals surface area contributed by atoms with Gasteiger partial charge in [0.2, 0.25) is 0 Å². The molecule has 1 heterocycles. The van der Waals surface area contributed by atoms with Crippen molar-refractivity contribution in [3.05, 3.63) is 35.9 Å². The van der Waals surface area contributed by atoms with Gasteiger partial charge in [-0.3, -0.25) is 9.69 Å². The van der Waals surface area contributed by atoms with Crippen molar-refractivity contribution in [2.24, 2.45) is 5.92 Å². The monoisotopic (exact) mass is 331 g/mol. The number of hydrogen-bond acceptors (Lipinski definition) is 3. The topological polar surface area (TPSA) is 29.5 Å². The Balaban J connectivity index is 2.19. The maximum atomic E-state index is 12.6. The zero-order chi connectivity index (χ0) is 17.4. The molecule has 134 valence electrons. The van der Waals surface area contributed by atoms with Crippen molar-refractivity contribution in [1.82, 2.24) is 4.90 Å². The van der Waals surface area contributed by atoms with Crippen molar-refractivity contribution in [3.63, 3.8) is 0 Å². The molecule has 0 saturated carbocycles. The molecule has 1 saturated heterocycles. The molecule has 0 aliphatic carbocycles. The Bertz CT molecular complexity index is 488. The molecule has 2 rings (SSSR count). The van der Waals surface area contributed by atoms with Gasteiger partial charge in [0.05, 0.1) is 12.5 Å². The molecule has 1 aliphatic heterocycles. The average Bonchev–Trinajstić information content (AvgIpc) is 2.63. The number of ether oxygens (including phenoxy) is 1. The van der Waals surface area contributed by atoms with Crippen LogP contribution in [-0.4, -0.2) is 30.1 Å². The normalized spacial score (nSPS) is 21.2. The highest BCUT2D eigenvalue weighted by molar-refractivity contribution is 5.73. The number of rotatable bonds is 8. The van der Waals surface area contributed by atoms with Crippen LogP contribution in [0.4, 0.5) is 0 Å². The zero-order valence-corrected chi connectivity index (χ0v) is 15.5. The fraction of sp³-hybridized carbons (Fsp3) is 0.667. The molecule has 0 amide bonds. The van der Waals surface area contributed by atoms with Crippen LogP contribution >= 0.6 is 0 Å². The number of benzene rings is 1. The molecule has 3 nitrogen and oxygen atoms in total. The second-order valence-corrected chi connectivity index (χ2v) is 6.89. The minimum Gasteiger partial charge on any atom is -0.466 e. The number of esters is 1. The van der Waals surface area contributed by atoms with E-state index in [1.807, 2.05) is 6.92 Å². The summed E-state index contributed by atoms with van der Waals surface area (Å²) in [6.07, 6.45) is 6.69. The molecule has 3 heteroatoms. The largest absolute Gasteiger partial charge is 0.466 e. The zero-order valence-electron chi connectivity index (χ0n) is 15.5. The third-order valence-corrected chi connectivity index (χ3v) is 5.29. The Morgan fingerprint density at radius 2 is 2.00 bits per heavy atom. The van der Waals surface area contributed by atoms with Crippen LogP contribution in [0.25, 0.3) is 0 Å². The molecule has 0 aromatic heterocycles. The molecule has 1 fully saturated rings. The van der Waals surface area contributed by atoms with E-state index in [9.17, 15) is 4.79 Å². The molecule has 0 bridgehead atoms. The molecule has 1 aromatic rings. The first kappa shape index (κ1) is 19.0. The van der Waals surface area contributed by atoms with Crippen molar-refractivity contribution in [3.8, 4) is 0 Å². The van der Waals surface area contributed by atoms with Gasteiger partial charge in [0.1, 0.15) is 0 Å². The molecule has 0 radical (unpaired) electrons. The Morgan fingerprint density at radius 3 is 2.67 bits per heavy atom. The van der Waals surface area contributed by atoms with Crippen LogP contribution in [0.5, 0.6) is 0 Å². The molecule has 3 atom stereocenters. The van der Waals surface area contributed by atoms with E-state index in [1.54, 1.807) is 0 Å². The van der Waals surface area contributed by atoms with Crippen molar-refractivity contribution in [1.29, 1.82) is 0 Å². The van der Waals surface area contributed by atoms with Crippen molar-refractivity contribution in [2.75, 3.05) is 13.2 Å². The Morgan fingerprint density at radius 1 is 1.25 bits per heavy atom. The van der Waals surface area contributed by atoms with Crippen LogP contribution in [0.2, 0.25) is 0 Å². The lowest BCUT2D eigenvalue weighted by molar-refractivity contribution is -0.152. The minimum atomic E-state index is 0.00288. The van der Waals surface area contributed by atoms with E-state index < -0.39 is 0 Å². The lowest BCUT2D eigenvalue weighted by atomic mass is 9.85. The number of carbonyl (C=O) groups excluding carboxylic acids is 1. The lowest BCUT2D eigenvalue weighted by Gasteiger charge is -2.43. The van der Waals surface area contributed by atoms with Crippen LogP contribution in [0.3, 0.4) is 0 Å². The molecule has 0 unspecified atom stereocenters. The van der Waals surface area contributed by atoms with Gasteiger partial charge in [-0.05, 0) is 45.2 Å². The first-order chi connectivity index (χ1) is 11.7. The number of piperidine rings is 1. The van der Waals surface area contributed by atoms with E-state index in [2.05, 4.69) is 49.1 Å². The SMILES string of the molecule is CCCC[C@@H](C(=O)OCC)[C@H]1CCCCN1[C@@H](C)c1ccccc1. The van der Waals surface area contributed by atoms with Gasteiger partial charge in [-0.2, -0.15) is 0 Å². The summed E-state index contributed by atoms with van der Waals surface area (Å²) >= 11 is 0. The standard InChI is InChI=1S/C21H33NO2/c1-4-6-14-19(21(23)24-5-2)20-15-10-11-16-22(20)17(3)18-12-8-7-9-13-18/h7-9,12-13,17,19-20H,4-6,10-11,14-16H2,1-3H3/t17-,19+,20+/m0/s1. The smallest absolute Gasteiger partial charge is 0.310 e. The first-order valence-corrected chi connectivity index (χ1v) is 9.66. The molecular weight excluding hydrogens is 298 g/mol. The van der Waals surface area contributed by atoms with Crippen molar-refractivity contribution >= 4 is 5.97 Å². The number of unbranched alkanes of at least 4 members (excludes halogenated alkanes) is 1.